The second-order valence-corrected chi connectivity index (χ2v) is 6.92. The first kappa shape index (κ1) is 18.0. The predicted molar refractivity (Wildman–Crippen MR) is 110 cm³/mol. The fraction of sp³-hybridized carbons (Fsp3) is 0.261. The summed E-state index contributed by atoms with van der Waals surface area (Å²) in [6.45, 7) is 8.43. The Morgan fingerprint density at radius 2 is 1.77 bits per heavy atom. The maximum absolute atomic E-state index is 10.4. The SMILES string of the molecule is CCC(C)Nc1cc(-c2ccccc2C)cc(-c2cc(C)ccc2O)n1. The van der Waals surface area contributed by atoms with E-state index in [1.807, 2.05) is 31.2 Å². The number of pyridine rings is 1. The van der Waals surface area contributed by atoms with E-state index in [0.717, 1.165) is 34.6 Å². The third-order valence-corrected chi connectivity index (χ3v) is 4.72. The fourth-order valence-electron chi connectivity index (χ4n) is 3.00. The van der Waals surface area contributed by atoms with Gasteiger partial charge in [-0.15, -0.1) is 0 Å². The molecule has 0 spiro atoms. The lowest BCUT2D eigenvalue weighted by Gasteiger charge is -2.16. The lowest BCUT2D eigenvalue weighted by Crippen LogP contribution is -2.14. The number of rotatable bonds is 5. The van der Waals surface area contributed by atoms with Gasteiger partial charge in [-0.05, 0) is 68.1 Å². The topological polar surface area (TPSA) is 45.1 Å². The van der Waals surface area contributed by atoms with Gasteiger partial charge in [0.25, 0.3) is 0 Å². The molecule has 0 saturated carbocycles. The lowest BCUT2D eigenvalue weighted by molar-refractivity contribution is 0.477. The van der Waals surface area contributed by atoms with Gasteiger partial charge >= 0.3 is 0 Å². The molecular weight excluding hydrogens is 320 g/mol. The smallest absolute Gasteiger partial charge is 0.127 e. The zero-order valence-electron chi connectivity index (χ0n) is 15.9. The second kappa shape index (κ2) is 7.61. The highest BCUT2D eigenvalue weighted by atomic mass is 16.3. The van der Waals surface area contributed by atoms with Crippen molar-refractivity contribution in [2.24, 2.45) is 0 Å². The first-order valence-corrected chi connectivity index (χ1v) is 9.12. The molecule has 1 heterocycles. The van der Waals surface area contributed by atoms with Crippen molar-refractivity contribution in [2.45, 2.75) is 40.2 Å². The van der Waals surface area contributed by atoms with Gasteiger partial charge in [-0.3, -0.25) is 0 Å². The molecule has 2 aromatic carbocycles. The molecule has 3 nitrogen and oxygen atoms in total. The maximum atomic E-state index is 10.4. The number of aromatic nitrogens is 1. The Morgan fingerprint density at radius 3 is 2.50 bits per heavy atom. The number of benzene rings is 2. The van der Waals surface area contributed by atoms with Gasteiger partial charge in [0.05, 0.1) is 5.69 Å². The molecule has 0 amide bonds. The molecule has 0 aliphatic carbocycles. The molecule has 0 radical (unpaired) electrons. The van der Waals surface area contributed by atoms with E-state index in [-0.39, 0.29) is 5.75 Å². The van der Waals surface area contributed by atoms with Gasteiger partial charge in [0.15, 0.2) is 0 Å². The van der Waals surface area contributed by atoms with Crippen molar-refractivity contribution in [3.05, 3.63) is 65.7 Å². The van der Waals surface area contributed by atoms with E-state index < -0.39 is 0 Å². The summed E-state index contributed by atoms with van der Waals surface area (Å²) in [6, 6.07) is 18.4. The summed E-state index contributed by atoms with van der Waals surface area (Å²) in [5.74, 6) is 1.08. The average Bonchev–Trinajstić information content (AvgIpc) is 2.63. The maximum Gasteiger partial charge on any atom is 0.127 e. The van der Waals surface area contributed by atoms with Crippen LogP contribution in [0.5, 0.6) is 5.75 Å². The zero-order valence-corrected chi connectivity index (χ0v) is 15.9. The van der Waals surface area contributed by atoms with Crippen LogP contribution < -0.4 is 5.32 Å². The molecule has 134 valence electrons. The summed E-state index contributed by atoms with van der Waals surface area (Å²) in [5.41, 5.74) is 6.12. The Hall–Kier alpha value is -2.81. The summed E-state index contributed by atoms with van der Waals surface area (Å²) in [4.78, 5) is 4.78. The molecule has 1 aromatic heterocycles. The highest BCUT2D eigenvalue weighted by Crippen LogP contribution is 2.34. The number of hydrogen-bond acceptors (Lipinski definition) is 3. The van der Waals surface area contributed by atoms with Crippen LogP contribution in [-0.2, 0) is 0 Å². The van der Waals surface area contributed by atoms with Crippen molar-refractivity contribution in [3.63, 3.8) is 0 Å². The Kier molecular flexibility index (Phi) is 5.27. The molecule has 0 fully saturated rings. The van der Waals surface area contributed by atoms with Gasteiger partial charge in [0, 0.05) is 11.6 Å². The summed E-state index contributed by atoms with van der Waals surface area (Å²) in [5, 5.41) is 13.8. The molecule has 2 N–H and O–H groups in total. The van der Waals surface area contributed by atoms with Crippen LogP contribution in [0.2, 0.25) is 0 Å². The van der Waals surface area contributed by atoms with Gasteiger partial charge in [0.1, 0.15) is 11.6 Å². The van der Waals surface area contributed by atoms with Crippen molar-refractivity contribution in [2.75, 3.05) is 5.32 Å². The molecule has 0 saturated heterocycles. The fourth-order valence-corrected chi connectivity index (χ4v) is 3.00. The summed E-state index contributed by atoms with van der Waals surface area (Å²) in [7, 11) is 0. The van der Waals surface area contributed by atoms with Crippen LogP contribution in [0.25, 0.3) is 22.4 Å². The molecule has 1 atom stereocenters. The predicted octanol–water partition coefficient (Wildman–Crippen LogP) is 5.95. The minimum Gasteiger partial charge on any atom is -0.507 e. The second-order valence-electron chi connectivity index (χ2n) is 6.92. The van der Waals surface area contributed by atoms with Crippen LogP contribution in [0.4, 0.5) is 5.82 Å². The van der Waals surface area contributed by atoms with Crippen LogP contribution in [0.15, 0.2) is 54.6 Å². The molecule has 3 aromatic rings. The van der Waals surface area contributed by atoms with Gasteiger partial charge in [-0.1, -0.05) is 42.8 Å². The highest BCUT2D eigenvalue weighted by molar-refractivity contribution is 5.77. The normalized spacial score (nSPS) is 12.0. The molecular formula is C23H26N2O. The number of phenolic OH excluding ortho intramolecular Hbond substituents is 1. The molecule has 26 heavy (non-hydrogen) atoms. The van der Waals surface area contributed by atoms with Crippen molar-refractivity contribution in [3.8, 4) is 28.1 Å². The number of anilines is 1. The van der Waals surface area contributed by atoms with Crippen LogP contribution >= 0.6 is 0 Å². The lowest BCUT2D eigenvalue weighted by atomic mass is 9.98. The van der Waals surface area contributed by atoms with E-state index in [1.54, 1.807) is 6.07 Å². The van der Waals surface area contributed by atoms with Crippen molar-refractivity contribution in [1.82, 2.24) is 4.98 Å². The van der Waals surface area contributed by atoms with Gasteiger partial charge in [0.2, 0.25) is 0 Å². The van der Waals surface area contributed by atoms with Crippen molar-refractivity contribution >= 4 is 5.82 Å². The molecule has 3 rings (SSSR count). The van der Waals surface area contributed by atoms with E-state index in [1.165, 1.54) is 11.1 Å². The highest BCUT2D eigenvalue weighted by Gasteiger charge is 2.12. The molecule has 0 aliphatic heterocycles. The van der Waals surface area contributed by atoms with Crippen LogP contribution in [0, 0.1) is 13.8 Å². The number of hydrogen-bond donors (Lipinski definition) is 2. The summed E-state index contributed by atoms with van der Waals surface area (Å²) < 4.78 is 0. The van der Waals surface area contributed by atoms with Crippen LogP contribution in [-0.4, -0.2) is 16.1 Å². The Balaban J connectivity index is 2.18. The third-order valence-electron chi connectivity index (χ3n) is 4.72. The van der Waals surface area contributed by atoms with Crippen LogP contribution in [0.3, 0.4) is 0 Å². The molecule has 3 heteroatoms. The van der Waals surface area contributed by atoms with Gasteiger partial charge < -0.3 is 10.4 Å². The zero-order chi connectivity index (χ0) is 18.7. The van der Waals surface area contributed by atoms with E-state index >= 15 is 0 Å². The van der Waals surface area contributed by atoms with E-state index in [9.17, 15) is 5.11 Å². The first-order valence-electron chi connectivity index (χ1n) is 9.12. The third kappa shape index (κ3) is 3.88. The molecule has 0 bridgehead atoms. The van der Waals surface area contributed by atoms with Gasteiger partial charge in [-0.2, -0.15) is 0 Å². The largest absolute Gasteiger partial charge is 0.507 e. The average molecular weight is 346 g/mol. The first-order chi connectivity index (χ1) is 12.5. The van der Waals surface area contributed by atoms with Crippen LogP contribution in [0.1, 0.15) is 31.4 Å². The minimum absolute atomic E-state index is 0.250. The standard InChI is InChI=1S/C23H26N2O/c1-5-17(4)24-23-14-18(19-9-7-6-8-16(19)3)13-21(25-23)20-12-15(2)10-11-22(20)26/h6-14,17,26H,5H2,1-4H3,(H,24,25). The molecule has 1 unspecified atom stereocenters. The van der Waals surface area contributed by atoms with Crippen molar-refractivity contribution < 1.29 is 5.11 Å². The number of nitrogens with zero attached hydrogens (tertiary/aromatic N) is 1. The minimum atomic E-state index is 0.250. The van der Waals surface area contributed by atoms with Gasteiger partial charge in [-0.25, -0.2) is 4.98 Å². The summed E-state index contributed by atoms with van der Waals surface area (Å²) in [6.07, 6.45) is 1.02. The summed E-state index contributed by atoms with van der Waals surface area (Å²) >= 11 is 0. The number of aromatic hydroxyl groups is 1. The quantitative estimate of drug-likeness (QED) is 0.600. The molecule has 0 aliphatic rings. The Morgan fingerprint density at radius 1 is 1.00 bits per heavy atom. The Labute approximate surface area is 155 Å². The monoisotopic (exact) mass is 346 g/mol. The van der Waals surface area contributed by atoms with E-state index in [2.05, 4.69) is 50.4 Å². The number of aryl methyl sites for hydroxylation is 2. The Bertz CT molecular complexity index is 918. The number of nitrogens with one attached hydrogen (secondary N) is 1. The number of phenols is 1. The van der Waals surface area contributed by atoms with Crippen molar-refractivity contribution in [1.29, 1.82) is 0 Å². The van der Waals surface area contributed by atoms with E-state index in [0.29, 0.717) is 6.04 Å². The van der Waals surface area contributed by atoms with E-state index in [4.69, 9.17) is 4.98 Å².